The number of benzene rings is 1. The van der Waals surface area contributed by atoms with Crippen LogP contribution in [0.15, 0.2) is 23.8 Å². The first kappa shape index (κ1) is 12.6. The van der Waals surface area contributed by atoms with E-state index in [1.54, 1.807) is 24.3 Å². The van der Waals surface area contributed by atoms with Crippen molar-refractivity contribution < 1.29 is 19.4 Å². The van der Waals surface area contributed by atoms with Gasteiger partial charge in [0.1, 0.15) is 11.6 Å². The summed E-state index contributed by atoms with van der Waals surface area (Å²) in [5.41, 5.74) is 0.113. The lowest BCUT2D eigenvalue weighted by molar-refractivity contribution is -0.132. The topological polar surface area (TPSA) is 79.5 Å². The summed E-state index contributed by atoms with van der Waals surface area (Å²) in [6.07, 6.45) is 1.24. The van der Waals surface area contributed by atoms with Crippen molar-refractivity contribution in [3.8, 4) is 17.6 Å². The van der Waals surface area contributed by atoms with Crippen LogP contribution in [0.1, 0.15) is 5.56 Å². The molecular weight excluding hydrogens is 222 g/mol. The number of rotatable bonds is 4. The lowest BCUT2D eigenvalue weighted by Gasteiger charge is -2.09. The highest BCUT2D eigenvalue weighted by Crippen LogP contribution is 2.32. The fourth-order valence-corrected chi connectivity index (χ4v) is 1.32. The van der Waals surface area contributed by atoms with Crippen LogP contribution in [0.4, 0.5) is 0 Å². The van der Waals surface area contributed by atoms with Crippen LogP contribution in [-0.4, -0.2) is 25.3 Å². The van der Waals surface area contributed by atoms with Gasteiger partial charge in [0.25, 0.3) is 0 Å². The Bertz CT molecular complexity index is 500. The van der Waals surface area contributed by atoms with Crippen LogP contribution in [0.2, 0.25) is 0 Å². The molecule has 0 amide bonds. The standard InChI is InChI=1S/C12H11NO4/c1-16-10-5-3-4-8(11(10)17-2)6-9(7-13)12(14)15/h3-6H,1-2H3,(H,14,15)/b9-6+. The van der Waals surface area contributed by atoms with Crippen molar-refractivity contribution in [3.05, 3.63) is 29.3 Å². The minimum Gasteiger partial charge on any atom is -0.493 e. The Morgan fingerprint density at radius 2 is 2.12 bits per heavy atom. The minimum absolute atomic E-state index is 0.364. The SMILES string of the molecule is COc1cccc(/C=C(\C#N)C(=O)O)c1OC. The molecule has 1 N–H and O–H groups in total. The van der Waals surface area contributed by atoms with Gasteiger partial charge in [-0.15, -0.1) is 0 Å². The summed E-state index contributed by atoms with van der Waals surface area (Å²) in [6.45, 7) is 0. The Hall–Kier alpha value is -2.48. The van der Waals surface area contributed by atoms with Gasteiger partial charge in [-0.1, -0.05) is 12.1 Å². The molecule has 1 aromatic rings. The highest BCUT2D eigenvalue weighted by atomic mass is 16.5. The third-order valence-electron chi connectivity index (χ3n) is 2.08. The van der Waals surface area contributed by atoms with E-state index in [-0.39, 0.29) is 5.57 Å². The number of hydrogen-bond acceptors (Lipinski definition) is 4. The van der Waals surface area contributed by atoms with Crippen molar-refractivity contribution in [1.82, 2.24) is 0 Å². The fourth-order valence-electron chi connectivity index (χ4n) is 1.32. The van der Waals surface area contributed by atoms with Crippen molar-refractivity contribution in [2.24, 2.45) is 0 Å². The van der Waals surface area contributed by atoms with Crippen molar-refractivity contribution in [3.63, 3.8) is 0 Å². The molecule has 0 saturated heterocycles. The maximum atomic E-state index is 10.7. The van der Waals surface area contributed by atoms with Gasteiger partial charge in [0, 0.05) is 5.56 Å². The van der Waals surface area contributed by atoms with Crippen LogP contribution in [0.3, 0.4) is 0 Å². The third kappa shape index (κ3) is 2.75. The largest absolute Gasteiger partial charge is 0.493 e. The molecule has 1 aromatic carbocycles. The van der Waals surface area contributed by atoms with Crippen molar-refractivity contribution in [1.29, 1.82) is 5.26 Å². The van der Waals surface area contributed by atoms with Gasteiger partial charge in [-0.3, -0.25) is 0 Å². The number of carbonyl (C=O) groups is 1. The Morgan fingerprint density at radius 1 is 1.41 bits per heavy atom. The molecule has 1 rings (SSSR count). The number of methoxy groups -OCH3 is 2. The highest BCUT2D eigenvalue weighted by molar-refractivity contribution is 5.97. The fraction of sp³-hybridized carbons (Fsp3) is 0.167. The maximum absolute atomic E-state index is 10.7. The number of ether oxygens (including phenoxy) is 2. The Labute approximate surface area is 98.5 Å². The van der Waals surface area contributed by atoms with Crippen molar-refractivity contribution in [2.75, 3.05) is 14.2 Å². The molecule has 88 valence electrons. The molecule has 0 atom stereocenters. The van der Waals surface area contributed by atoms with Gasteiger partial charge >= 0.3 is 5.97 Å². The summed E-state index contributed by atoms with van der Waals surface area (Å²) < 4.78 is 10.2. The summed E-state index contributed by atoms with van der Waals surface area (Å²) in [5, 5.41) is 17.4. The van der Waals surface area contributed by atoms with E-state index in [2.05, 4.69) is 0 Å². The molecule has 0 saturated carbocycles. The van der Waals surface area contributed by atoms with E-state index in [1.165, 1.54) is 20.3 Å². The summed E-state index contributed by atoms with van der Waals surface area (Å²) in [6, 6.07) is 6.61. The average Bonchev–Trinajstić information content (AvgIpc) is 2.34. The molecule has 0 fully saturated rings. The molecule has 0 aromatic heterocycles. The number of hydrogen-bond donors (Lipinski definition) is 1. The smallest absolute Gasteiger partial charge is 0.346 e. The van der Waals surface area contributed by atoms with Crippen LogP contribution in [0, 0.1) is 11.3 Å². The second-order valence-electron chi connectivity index (χ2n) is 3.06. The van der Waals surface area contributed by atoms with E-state index in [0.29, 0.717) is 17.1 Å². The van der Waals surface area contributed by atoms with Gasteiger partial charge in [0.15, 0.2) is 11.5 Å². The molecule has 5 heteroatoms. The molecule has 17 heavy (non-hydrogen) atoms. The Morgan fingerprint density at radius 3 is 2.59 bits per heavy atom. The molecule has 0 unspecified atom stereocenters. The molecule has 0 bridgehead atoms. The van der Waals surface area contributed by atoms with Gasteiger partial charge < -0.3 is 14.6 Å². The van der Waals surface area contributed by atoms with Crippen LogP contribution in [0.5, 0.6) is 11.5 Å². The zero-order valence-electron chi connectivity index (χ0n) is 9.43. The summed E-state index contributed by atoms with van der Waals surface area (Å²) in [4.78, 5) is 10.7. The highest BCUT2D eigenvalue weighted by Gasteiger charge is 2.11. The molecule has 0 radical (unpaired) electrons. The van der Waals surface area contributed by atoms with E-state index in [0.717, 1.165) is 0 Å². The normalized spacial score (nSPS) is 10.5. The second-order valence-corrected chi connectivity index (χ2v) is 3.06. The molecule has 0 aliphatic heterocycles. The zero-order chi connectivity index (χ0) is 12.8. The van der Waals surface area contributed by atoms with Gasteiger partial charge in [-0.2, -0.15) is 5.26 Å². The molecule has 0 aliphatic rings. The molecule has 5 nitrogen and oxygen atoms in total. The number of nitriles is 1. The summed E-state index contributed by atoms with van der Waals surface area (Å²) in [5.74, 6) is -0.412. The maximum Gasteiger partial charge on any atom is 0.346 e. The van der Waals surface area contributed by atoms with Crippen LogP contribution in [-0.2, 0) is 4.79 Å². The number of carboxylic acids is 1. The van der Waals surface area contributed by atoms with Gasteiger partial charge in [0.2, 0.25) is 0 Å². The predicted molar refractivity (Wildman–Crippen MR) is 60.8 cm³/mol. The lowest BCUT2D eigenvalue weighted by atomic mass is 10.1. The first-order valence-corrected chi connectivity index (χ1v) is 4.70. The first-order chi connectivity index (χ1) is 8.13. The number of carboxylic acid groups (broad SMARTS) is 1. The van der Waals surface area contributed by atoms with E-state index in [1.807, 2.05) is 0 Å². The van der Waals surface area contributed by atoms with Crippen molar-refractivity contribution in [2.45, 2.75) is 0 Å². The Balaban J connectivity index is 3.32. The minimum atomic E-state index is -1.28. The van der Waals surface area contributed by atoms with E-state index >= 15 is 0 Å². The summed E-state index contributed by atoms with van der Waals surface area (Å²) in [7, 11) is 2.93. The molecular formula is C12H11NO4. The Kier molecular flexibility index (Phi) is 4.12. The number of nitrogens with zero attached hydrogens (tertiary/aromatic N) is 1. The average molecular weight is 233 g/mol. The van der Waals surface area contributed by atoms with Gasteiger partial charge in [0.05, 0.1) is 14.2 Å². The van der Waals surface area contributed by atoms with E-state index < -0.39 is 5.97 Å². The quantitative estimate of drug-likeness (QED) is 0.632. The van der Waals surface area contributed by atoms with E-state index in [9.17, 15) is 4.79 Å². The number of aliphatic carboxylic acids is 1. The van der Waals surface area contributed by atoms with Gasteiger partial charge in [-0.25, -0.2) is 4.79 Å². The molecule has 0 spiro atoms. The van der Waals surface area contributed by atoms with Crippen LogP contribution >= 0.6 is 0 Å². The second kappa shape index (κ2) is 5.56. The summed E-state index contributed by atoms with van der Waals surface area (Å²) >= 11 is 0. The molecule has 0 aliphatic carbocycles. The van der Waals surface area contributed by atoms with Gasteiger partial charge in [-0.05, 0) is 12.1 Å². The number of para-hydroxylation sites is 1. The first-order valence-electron chi connectivity index (χ1n) is 4.70. The third-order valence-corrected chi connectivity index (χ3v) is 2.08. The molecule has 0 heterocycles. The van der Waals surface area contributed by atoms with Crippen molar-refractivity contribution >= 4 is 12.0 Å². The van der Waals surface area contributed by atoms with E-state index in [4.69, 9.17) is 19.8 Å². The van der Waals surface area contributed by atoms with Crippen LogP contribution < -0.4 is 9.47 Å². The zero-order valence-corrected chi connectivity index (χ0v) is 9.43. The predicted octanol–water partition coefficient (Wildman–Crippen LogP) is 1.70. The lowest BCUT2D eigenvalue weighted by Crippen LogP contribution is -1.98. The van der Waals surface area contributed by atoms with Crippen LogP contribution in [0.25, 0.3) is 6.08 Å². The monoisotopic (exact) mass is 233 g/mol.